The number of aryl methyl sites for hydroxylation is 1. The van der Waals surface area contributed by atoms with E-state index in [0.29, 0.717) is 5.95 Å². The molecule has 0 fully saturated rings. The topological polar surface area (TPSA) is 53.1 Å². The highest BCUT2D eigenvalue weighted by atomic mass is 79.9. The van der Waals surface area contributed by atoms with Gasteiger partial charge in [-0.25, -0.2) is 4.98 Å². The van der Waals surface area contributed by atoms with E-state index in [1.807, 2.05) is 35.8 Å². The number of hydrogen-bond donors (Lipinski definition) is 1. The number of hydrogen-bond acceptors (Lipinski definition) is 3. The number of nitrogens with two attached hydrogens (primary N) is 1. The smallest absolute Gasteiger partial charge is 0.205 e. The van der Waals surface area contributed by atoms with Crippen molar-refractivity contribution in [2.45, 2.75) is 6.92 Å². The number of anilines is 1. The molecular weight excluding hydrogens is 318 g/mol. The van der Waals surface area contributed by atoms with Crippen LogP contribution in [0, 0.1) is 6.92 Å². The fraction of sp³-hybridized carbons (Fsp3) is 0.133. The summed E-state index contributed by atoms with van der Waals surface area (Å²) in [6.07, 6.45) is 0. The van der Waals surface area contributed by atoms with E-state index in [2.05, 4.69) is 33.0 Å². The maximum Gasteiger partial charge on any atom is 0.205 e. The number of methoxy groups -OCH3 is 1. The minimum absolute atomic E-state index is 0.464. The first kappa shape index (κ1) is 13.0. The van der Waals surface area contributed by atoms with Crippen LogP contribution in [0.5, 0.6) is 5.75 Å². The van der Waals surface area contributed by atoms with E-state index in [0.717, 1.165) is 32.5 Å². The van der Waals surface area contributed by atoms with Gasteiger partial charge in [-0.15, -0.1) is 0 Å². The predicted molar refractivity (Wildman–Crippen MR) is 84.5 cm³/mol. The van der Waals surface area contributed by atoms with Crippen molar-refractivity contribution >= 4 is 32.9 Å². The molecular formula is C15H14BrN3O. The number of rotatable bonds is 2. The van der Waals surface area contributed by atoms with E-state index in [1.165, 1.54) is 0 Å². The molecule has 0 radical (unpaired) electrons. The number of aromatic nitrogens is 2. The molecule has 0 unspecified atom stereocenters. The van der Waals surface area contributed by atoms with Crippen molar-refractivity contribution in [3.8, 4) is 11.4 Å². The lowest BCUT2D eigenvalue weighted by atomic mass is 10.2. The normalized spacial score (nSPS) is 10.9. The zero-order chi connectivity index (χ0) is 14.3. The van der Waals surface area contributed by atoms with Gasteiger partial charge in [0.2, 0.25) is 5.95 Å². The summed E-state index contributed by atoms with van der Waals surface area (Å²) in [6.45, 7) is 2.05. The summed E-state index contributed by atoms with van der Waals surface area (Å²) in [5, 5.41) is 0. The van der Waals surface area contributed by atoms with Crippen molar-refractivity contribution in [3.05, 3.63) is 46.4 Å². The number of ether oxygens (including phenoxy) is 1. The van der Waals surface area contributed by atoms with Crippen LogP contribution in [0.25, 0.3) is 16.7 Å². The third-order valence-electron chi connectivity index (χ3n) is 3.17. The van der Waals surface area contributed by atoms with Crippen LogP contribution in [0.3, 0.4) is 0 Å². The highest BCUT2D eigenvalue weighted by Crippen LogP contribution is 2.28. The number of halogens is 1. The molecule has 4 nitrogen and oxygen atoms in total. The Kier molecular flexibility index (Phi) is 3.14. The first-order chi connectivity index (χ1) is 9.58. The van der Waals surface area contributed by atoms with Crippen molar-refractivity contribution in [1.82, 2.24) is 9.55 Å². The van der Waals surface area contributed by atoms with Crippen LogP contribution in [0.2, 0.25) is 0 Å². The van der Waals surface area contributed by atoms with Gasteiger partial charge in [0, 0.05) is 10.5 Å². The lowest BCUT2D eigenvalue weighted by Crippen LogP contribution is -2.01. The van der Waals surface area contributed by atoms with Crippen LogP contribution in [-0.2, 0) is 0 Å². The Bertz CT molecular complexity index is 775. The van der Waals surface area contributed by atoms with Gasteiger partial charge in [-0.05, 0) is 42.8 Å². The Hall–Kier alpha value is -2.01. The maximum absolute atomic E-state index is 6.07. The van der Waals surface area contributed by atoms with Gasteiger partial charge in [-0.2, -0.15) is 0 Å². The fourth-order valence-electron chi connectivity index (χ4n) is 2.32. The monoisotopic (exact) mass is 331 g/mol. The largest absolute Gasteiger partial charge is 0.497 e. The van der Waals surface area contributed by atoms with Crippen molar-refractivity contribution < 1.29 is 4.74 Å². The first-order valence-corrected chi connectivity index (χ1v) is 6.97. The molecule has 102 valence electrons. The molecule has 0 bridgehead atoms. The summed E-state index contributed by atoms with van der Waals surface area (Å²) in [5.41, 5.74) is 9.98. The van der Waals surface area contributed by atoms with Gasteiger partial charge in [0.05, 0.1) is 23.8 Å². The van der Waals surface area contributed by atoms with Crippen LogP contribution in [0.15, 0.2) is 40.9 Å². The molecule has 20 heavy (non-hydrogen) atoms. The standard InChI is InChI=1S/C15H14BrN3O/c1-9-5-10(16)7-11(6-9)19-14-8-12(20-2)3-4-13(14)18-15(19)17/h3-8H,1-2H3,(H2,17,18). The van der Waals surface area contributed by atoms with Crippen LogP contribution in [0.4, 0.5) is 5.95 Å². The van der Waals surface area contributed by atoms with Gasteiger partial charge in [0.15, 0.2) is 0 Å². The second-order valence-electron chi connectivity index (χ2n) is 4.65. The summed E-state index contributed by atoms with van der Waals surface area (Å²) >= 11 is 3.52. The molecule has 3 aromatic rings. The number of imidazole rings is 1. The van der Waals surface area contributed by atoms with Crippen LogP contribution in [-0.4, -0.2) is 16.7 Å². The second kappa shape index (κ2) is 4.83. The van der Waals surface area contributed by atoms with E-state index >= 15 is 0 Å². The van der Waals surface area contributed by atoms with Gasteiger partial charge in [0.25, 0.3) is 0 Å². The van der Waals surface area contributed by atoms with E-state index < -0.39 is 0 Å². The Labute approximate surface area is 125 Å². The third kappa shape index (κ3) is 2.14. The molecule has 2 N–H and O–H groups in total. The summed E-state index contributed by atoms with van der Waals surface area (Å²) in [4.78, 5) is 4.39. The number of nitrogens with zero attached hydrogens (tertiary/aromatic N) is 2. The molecule has 0 atom stereocenters. The number of benzene rings is 2. The molecule has 0 saturated carbocycles. The fourth-order valence-corrected chi connectivity index (χ4v) is 2.91. The Balaban J connectivity index is 2.31. The quantitative estimate of drug-likeness (QED) is 0.779. The summed E-state index contributed by atoms with van der Waals surface area (Å²) in [7, 11) is 1.65. The number of nitrogen functional groups attached to an aromatic ring is 1. The first-order valence-electron chi connectivity index (χ1n) is 6.18. The summed E-state index contributed by atoms with van der Waals surface area (Å²) in [6, 6.07) is 11.9. The minimum Gasteiger partial charge on any atom is -0.497 e. The highest BCUT2D eigenvalue weighted by molar-refractivity contribution is 9.10. The van der Waals surface area contributed by atoms with Crippen molar-refractivity contribution in [3.63, 3.8) is 0 Å². The van der Waals surface area contributed by atoms with Crippen molar-refractivity contribution in [1.29, 1.82) is 0 Å². The van der Waals surface area contributed by atoms with Crippen molar-refractivity contribution in [2.75, 3.05) is 12.8 Å². The minimum atomic E-state index is 0.464. The van der Waals surface area contributed by atoms with Crippen molar-refractivity contribution in [2.24, 2.45) is 0 Å². The highest BCUT2D eigenvalue weighted by Gasteiger charge is 2.11. The van der Waals surface area contributed by atoms with E-state index in [-0.39, 0.29) is 0 Å². The third-order valence-corrected chi connectivity index (χ3v) is 3.63. The van der Waals surface area contributed by atoms with Gasteiger partial charge < -0.3 is 10.5 Å². The van der Waals surface area contributed by atoms with Crippen LogP contribution < -0.4 is 10.5 Å². The molecule has 0 saturated heterocycles. The van der Waals surface area contributed by atoms with Gasteiger partial charge >= 0.3 is 0 Å². The lowest BCUT2D eigenvalue weighted by molar-refractivity contribution is 0.415. The van der Waals surface area contributed by atoms with E-state index in [9.17, 15) is 0 Å². The van der Waals surface area contributed by atoms with E-state index in [1.54, 1.807) is 7.11 Å². The van der Waals surface area contributed by atoms with Crippen LogP contribution >= 0.6 is 15.9 Å². The molecule has 3 rings (SSSR count). The Morgan fingerprint density at radius 3 is 2.70 bits per heavy atom. The van der Waals surface area contributed by atoms with Gasteiger partial charge in [-0.3, -0.25) is 4.57 Å². The number of fused-ring (bicyclic) bond motifs is 1. The molecule has 0 amide bonds. The van der Waals surface area contributed by atoms with E-state index in [4.69, 9.17) is 10.5 Å². The lowest BCUT2D eigenvalue weighted by Gasteiger charge is -2.09. The SMILES string of the molecule is COc1ccc2nc(N)n(-c3cc(C)cc(Br)c3)c2c1. The van der Waals surface area contributed by atoms with Gasteiger partial charge in [-0.1, -0.05) is 15.9 Å². The average Bonchev–Trinajstić information content (AvgIpc) is 2.72. The zero-order valence-electron chi connectivity index (χ0n) is 11.2. The molecule has 0 spiro atoms. The summed E-state index contributed by atoms with van der Waals surface area (Å²) < 4.78 is 8.22. The van der Waals surface area contributed by atoms with Crippen LogP contribution in [0.1, 0.15) is 5.56 Å². The average molecular weight is 332 g/mol. The second-order valence-corrected chi connectivity index (χ2v) is 5.56. The van der Waals surface area contributed by atoms with Gasteiger partial charge in [0.1, 0.15) is 5.75 Å². The molecule has 0 aliphatic carbocycles. The molecule has 5 heteroatoms. The molecule has 0 aliphatic heterocycles. The molecule has 2 aromatic carbocycles. The Morgan fingerprint density at radius 2 is 2.00 bits per heavy atom. The summed E-state index contributed by atoms with van der Waals surface area (Å²) in [5.74, 6) is 1.25. The predicted octanol–water partition coefficient (Wildman–Crippen LogP) is 3.69. The maximum atomic E-state index is 6.07. The zero-order valence-corrected chi connectivity index (χ0v) is 12.8. The molecule has 0 aliphatic rings. The molecule has 1 heterocycles. The Morgan fingerprint density at radius 1 is 1.20 bits per heavy atom. The molecule has 1 aromatic heterocycles.